The first-order chi connectivity index (χ1) is 4.26. The van der Waals surface area contributed by atoms with Crippen LogP contribution in [0.25, 0.3) is 0 Å². The van der Waals surface area contributed by atoms with Crippen molar-refractivity contribution in [1.29, 1.82) is 5.26 Å². The molecule has 0 aromatic rings. The van der Waals surface area contributed by atoms with Crippen molar-refractivity contribution < 1.29 is 15.2 Å². The monoisotopic (exact) mass is 129 g/mol. The second-order valence-corrected chi connectivity index (χ2v) is 1.00. The van der Waals surface area contributed by atoms with Crippen LogP contribution in [0.4, 0.5) is 0 Å². The molecule has 9 heavy (non-hydrogen) atoms. The maximum absolute atomic E-state index is 10.1. The van der Waals surface area contributed by atoms with Gasteiger partial charge in [0.05, 0.1) is 0 Å². The molecule has 1 amide bonds. The third-order valence-corrected chi connectivity index (χ3v) is 0.523. The molecule has 0 aliphatic carbocycles. The second kappa shape index (κ2) is 3.40. The second-order valence-electron chi connectivity index (χ2n) is 1.00. The highest BCUT2D eigenvalue weighted by molar-refractivity contribution is 6.44. The lowest BCUT2D eigenvalue weighted by atomic mass is 10.4. The van der Waals surface area contributed by atoms with Crippen molar-refractivity contribution in [3.05, 3.63) is 0 Å². The van der Waals surface area contributed by atoms with Gasteiger partial charge in [-0.1, -0.05) is 5.16 Å². The standard InChI is InChI=1S/C3H3N3O3/c4-1-2(5-8)3(7)6-9/h8-9H,(H,6,7). The summed E-state index contributed by atoms with van der Waals surface area (Å²) in [7, 11) is 0. The minimum Gasteiger partial charge on any atom is -0.410 e. The highest BCUT2D eigenvalue weighted by atomic mass is 16.5. The van der Waals surface area contributed by atoms with Crippen molar-refractivity contribution in [2.45, 2.75) is 0 Å². The predicted octanol–water partition coefficient (Wildman–Crippen LogP) is -1.15. The van der Waals surface area contributed by atoms with Crippen LogP contribution in [0, 0.1) is 11.3 Å². The minimum absolute atomic E-state index is 0.794. The molecule has 0 bridgehead atoms. The Kier molecular flexibility index (Phi) is 2.79. The molecule has 0 unspecified atom stereocenters. The van der Waals surface area contributed by atoms with E-state index in [0.717, 1.165) is 5.48 Å². The van der Waals surface area contributed by atoms with Gasteiger partial charge >= 0.3 is 5.91 Å². The molecule has 0 spiro atoms. The molecule has 3 N–H and O–H groups in total. The molecule has 0 radical (unpaired) electrons. The van der Waals surface area contributed by atoms with Crippen molar-refractivity contribution in [2.75, 3.05) is 0 Å². The summed E-state index contributed by atoms with van der Waals surface area (Å²) in [4.78, 5) is 10.1. The van der Waals surface area contributed by atoms with Crippen LogP contribution in [0.2, 0.25) is 0 Å². The van der Waals surface area contributed by atoms with Crippen LogP contribution >= 0.6 is 0 Å². The first kappa shape index (κ1) is 7.39. The van der Waals surface area contributed by atoms with E-state index in [1.165, 1.54) is 6.07 Å². The van der Waals surface area contributed by atoms with E-state index in [4.69, 9.17) is 15.7 Å². The molecule has 48 valence electrons. The molecule has 0 saturated carbocycles. The molecule has 0 rings (SSSR count). The Morgan fingerprint density at radius 1 is 1.78 bits per heavy atom. The molecule has 0 aromatic heterocycles. The van der Waals surface area contributed by atoms with Crippen molar-refractivity contribution in [3.63, 3.8) is 0 Å². The van der Waals surface area contributed by atoms with E-state index in [9.17, 15) is 4.79 Å². The van der Waals surface area contributed by atoms with Crippen LogP contribution < -0.4 is 5.48 Å². The fourth-order valence-corrected chi connectivity index (χ4v) is 0.171. The van der Waals surface area contributed by atoms with E-state index in [-0.39, 0.29) is 0 Å². The van der Waals surface area contributed by atoms with Gasteiger partial charge in [-0.3, -0.25) is 10.0 Å². The lowest BCUT2D eigenvalue weighted by molar-refractivity contribution is -0.122. The average Bonchev–Trinajstić information content (AvgIpc) is 1.90. The van der Waals surface area contributed by atoms with E-state index in [1.54, 1.807) is 0 Å². The Morgan fingerprint density at radius 3 is 2.44 bits per heavy atom. The van der Waals surface area contributed by atoms with Gasteiger partial charge in [0, 0.05) is 0 Å². The van der Waals surface area contributed by atoms with Crippen LogP contribution in [0.3, 0.4) is 0 Å². The molecule has 0 aromatic carbocycles. The number of hydroxylamine groups is 1. The smallest absolute Gasteiger partial charge is 0.307 e. The van der Waals surface area contributed by atoms with E-state index in [1.807, 2.05) is 0 Å². The maximum Gasteiger partial charge on any atom is 0.307 e. The summed E-state index contributed by atoms with van der Waals surface area (Å²) in [6.07, 6.45) is 0. The molecule has 0 aliphatic heterocycles. The van der Waals surface area contributed by atoms with Crippen LogP contribution in [0.15, 0.2) is 5.16 Å². The van der Waals surface area contributed by atoms with Gasteiger partial charge in [-0.2, -0.15) is 5.26 Å². The molecule has 0 fully saturated rings. The van der Waals surface area contributed by atoms with Crippen molar-refractivity contribution >= 4 is 11.6 Å². The van der Waals surface area contributed by atoms with Gasteiger partial charge in [-0.15, -0.1) is 0 Å². The van der Waals surface area contributed by atoms with Gasteiger partial charge in [0.15, 0.2) is 0 Å². The van der Waals surface area contributed by atoms with E-state index < -0.39 is 11.6 Å². The molecule has 0 heterocycles. The zero-order valence-electron chi connectivity index (χ0n) is 4.20. The summed E-state index contributed by atoms with van der Waals surface area (Å²) in [5.41, 5.74) is 0.321. The SMILES string of the molecule is N#CC(=NO)C(=O)NO. The van der Waals surface area contributed by atoms with Crippen molar-refractivity contribution in [2.24, 2.45) is 5.16 Å². The number of hydrogen-bond donors (Lipinski definition) is 3. The molecule has 6 heteroatoms. The highest BCUT2D eigenvalue weighted by Crippen LogP contribution is 1.71. The lowest BCUT2D eigenvalue weighted by Crippen LogP contribution is -2.26. The van der Waals surface area contributed by atoms with Gasteiger partial charge in [-0.05, 0) is 0 Å². The number of carbonyl (C=O) groups is 1. The number of hydrogen-bond acceptors (Lipinski definition) is 5. The Labute approximate surface area is 50.0 Å². The number of amides is 1. The van der Waals surface area contributed by atoms with E-state index in [2.05, 4.69) is 5.16 Å². The lowest BCUT2D eigenvalue weighted by Gasteiger charge is -1.88. The average molecular weight is 129 g/mol. The maximum atomic E-state index is 10.1. The number of nitrogens with zero attached hydrogens (tertiary/aromatic N) is 2. The summed E-state index contributed by atoms with van der Waals surface area (Å²) in [6, 6.07) is 1.23. The molecule has 6 nitrogen and oxygen atoms in total. The summed E-state index contributed by atoms with van der Waals surface area (Å²) in [6.45, 7) is 0. The van der Waals surface area contributed by atoms with Gasteiger partial charge in [-0.25, -0.2) is 5.48 Å². The number of nitriles is 1. The van der Waals surface area contributed by atoms with E-state index >= 15 is 0 Å². The Balaban J connectivity index is 4.19. The van der Waals surface area contributed by atoms with E-state index in [0.29, 0.717) is 0 Å². The molecule has 0 atom stereocenters. The van der Waals surface area contributed by atoms with Crippen LogP contribution in [0.1, 0.15) is 0 Å². The van der Waals surface area contributed by atoms with Crippen LogP contribution in [0.5, 0.6) is 0 Å². The van der Waals surface area contributed by atoms with Gasteiger partial charge in [0.25, 0.3) is 0 Å². The van der Waals surface area contributed by atoms with Crippen molar-refractivity contribution in [1.82, 2.24) is 5.48 Å². The molecule has 0 aliphatic rings. The molecular weight excluding hydrogens is 126 g/mol. The zero-order valence-corrected chi connectivity index (χ0v) is 4.20. The van der Waals surface area contributed by atoms with Crippen LogP contribution in [-0.2, 0) is 4.79 Å². The fraction of sp³-hybridized carbons (Fsp3) is 0. The van der Waals surface area contributed by atoms with Gasteiger partial charge < -0.3 is 5.21 Å². The number of nitrogens with one attached hydrogen (secondary N) is 1. The largest absolute Gasteiger partial charge is 0.410 e. The number of carbonyl (C=O) groups excluding carboxylic acids is 1. The summed E-state index contributed by atoms with van der Waals surface area (Å²) < 4.78 is 0. The van der Waals surface area contributed by atoms with Gasteiger partial charge in [0.2, 0.25) is 5.71 Å². The summed E-state index contributed by atoms with van der Waals surface area (Å²) in [5, 5.41) is 25.8. The minimum atomic E-state index is -1.14. The first-order valence-corrected chi connectivity index (χ1v) is 1.82. The number of oxime groups is 1. The first-order valence-electron chi connectivity index (χ1n) is 1.82. The van der Waals surface area contributed by atoms with Crippen LogP contribution in [-0.4, -0.2) is 22.0 Å². The Bertz CT molecular complexity index is 179. The topological polar surface area (TPSA) is 106 Å². The normalized spacial score (nSPS) is 10.0. The van der Waals surface area contributed by atoms with Gasteiger partial charge in [0.1, 0.15) is 6.07 Å². The molecule has 0 saturated heterocycles. The summed E-state index contributed by atoms with van der Waals surface area (Å²) in [5.74, 6) is -1.14. The molecular formula is C3H3N3O3. The fourth-order valence-electron chi connectivity index (χ4n) is 0.171. The Morgan fingerprint density at radius 2 is 2.33 bits per heavy atom. The summed E-state index contributed by atoms with van der Waals surface area (Å²) >= 11 is 0. The van der Waals surface area contributed by atoms with Crippen molar-refractivity contribution in [3.8, 4) is 6.07 Å². The third kappa shape index (κ3) is 1.75. The Hall–Kier alpha value is -1.61. The predicted molar refractivity (Wildman–Crippen MR) is 24.8 cm³/mol. The highest BCUT2D eigenvalue weighted by Gasteiger charge is 2.07. The number of rotatable bonds is 1. The quantitative estimate of drug-likeness (QED) is 0.180. The third-order valence-electron chi connectivity index (χ3n) is 0.523. The zero-order chi connectivity index (χ0) is 7.28.